The molecule has 25 heavy (non-hydrogen) atoms. The normalized spacial score (nSPS) is 22.2. The smallest absolute Gasteiger partial charge is 0.306 e. The molecule has 0 aromatic heterocycles. The zero-order valence-corrected chi connectivity index (χ0v) is 13.9. The number of nitrogens with one attached hydrogen (secondary N) is 1. The van der Waals surface area contributed by atoms with Crippen LogP contribution in [0.15, 0.2) is 24.3 Å². The quantitative estimate of drug-likeness (QED) is 0.760. The maximum atomic E-state index is 12.1. The van der Waals surface area contributed by atoms with Crippen LogP contribution in [0.2, 0.25) is 0 Å². The van der Waals surface area contributed by atoms with Crippen molar-refractivity contribution >= 4 is 23.5 Å². The van der Waals surface area contributed by atoms with Gasteiger partial charge in [-0.1, -0.05) is 12.1 Å². The lowest BCUT2D eigenvalue weighted by Crippen LogP contribution is -2.40. The molecular formula is C18H22N2O5. The van der Waals surface area contributed by atoms with Gasteiger partial charge in [0.1, 0.15) is 5.75 Å². The van der Waals surface area contributed by atoms with Crippen molar-refractivity contribution < 1.29 is 24.2 Å². The summed E-state index contributed by atoms with van der Waals surface area (Å²) >= 11 is 0. The molecular weight excluding hydrogens is 324 g/mol. The molecule has 1 aromatic carbocycles. The van der Waals surface area contributed by atoms with Gasteiger partial charge in [0.25, 0.3) is 5.91 Å². The Labute approximate surface area is 146 Å². The van der Waals surface area contributed by atoms with E-state index >= 15 is 0 Å². The predicted molar refractivity (Wildman–Crippen MR) is 90.4 cm³/mol. The lowest BCUT2D eigenvalue weighted by atomic mass is 10.0. The van der Waals surface area contributed by atoms with Gasteiger partial charge in [-0.15, -0.1) is 0 Å². The summed E-state index contributed by atoms with van der Waals surface area (Å²) in [5.41, 5.74) is 0.755. The predicted octanol–water partition coefficient (Wildman–Crippen LogP) is 1.42. The highest BCUT2D eigenvalue weighted by atomic mass is 16.5. The van der Waals surface area contributed by atoms with E-state index in [1.807, 2.05) is 24.3 Å². The van der Waals surface area contributed by atoms with Crippen molar-refractivity contribution in [3.05, 3.63) is 24.3 Å². The molecule has 3 rings (SSSR count). The molecule has 2 N–H and O–H groups in total. The Kier molecular flexibility index (Phi) is 5.21. The average molecular weight is 346 g/mol. The molecule has 1 aliphatic heterocycles. The third-order valence-corrected chi connectivity index (χ3v) is 4.82. The monoisotopic (exact) mass is 346 g/mol. The Balaban J connectivity index is 1.45. The molecule has 1 aliphatic carbocycles. The highest BCUT2D eigenvalue weighted by Gasteiger charge is 2.33. The zero-order valence-electron chi connectivity index (χ0n) is 13.9. The number of carboxylic acids is 1. The topological polar surface area (TPSA) is 95.9 Å². The average Bonchev–Trinajstić information content (AvgIpc) is 3.10. The largest absolute Gasteiger partial charge is 0.482 e. The molecule has 0 radical (unpaired) electrons. The summed E-state index contributed by atoms with van der Waals surface area (Å²) in [6.45, 7) is 0.990. The molecule has 7 heteroatoms. The Morgan fingerprint density at radius 3 is 2.76 bits per heavy atom. The first-order valence-corrected chi connectivity index (χ1v) is 8.59. The number of aliphatic carboxylic acids is 1. The lowest BCUT2D eigenvalue weighted by molar-refractivity contribution is -0.141. The molecule has 0 spiro atoms. The van der Waals surface area contributed by atoms with Gasteiger partial charge in [-0.3, -0.25) is 14.4 Å². The second kappa shape index (κ2) is 7.55. The van der Waals surface area contributed by atoms with Crippen molar-refractivity contribution in [3.63, 3.8) is 0 Å². The van der Waals surface area contributed by atoms with Gasteiger partial charge in [-0.25, -0.2) is 0 Å². The molecule has 2 aliphatic rings. The summed E-state index contributed by atoms with van der Waals surface area (Å²) in [6.07, 6.45) is 2.22. The zero-order chi connectivity index (χ0) is 17.8. The number of nitrogens with zero attached hydrogens (tertiary/aromatic N) is 1. The Hall–Kier alpha value is -2.57. The van der Waals surface area contributed by atoms with Gasteiger partial charge in [0, 0.05) is 19.0 Å². The van der Waals surface area contributed by atoms with Crippen LogP contribution in [0.5, 0.6) is 5.75 Å². The fraction of sp³-hybridized carbons (Fsp3) is 0.500. The molecule has 0 bridgehead atoms. The van der Waals surface area contributed by atoms with E-state index in [9.17, 15) is 14.4 Å². The van der Waals surface area contributed by atoms with Gasteiger partial charge in [0.2, 0.25) is 5.91 Å². The highest BCUT2D eigenvalue weighted by Crippen LogP contribution is 2.32. The number of amides is 2. The summed E-state index contributed by atoms with van der Waals surface area (Å²) in [4.78, 5) is 36.8. The highest BCUT2D eigenvalue weighted by molar-refractivity contribution is 5.97. The summed E-state index contributed by atoms with van der Waals surface area (Å²) in [6, 6.07) is 7.39. The van der Waals surface area contributed by atoms with Gasteiger partial charge >= 0.3 is 5.97 Å². The van der Waals surface area contributed by atoms with Gasteiger partial charge in [0.15, 0.2) is 6.61 Å². The molecule has 0 unspecified atom stereocenters. The fourth-order valence-corrected chi connectivity index (χ4v) is 3.44. The second-order valence-corrected chi connectivity index (χ2v) is 6.49. The van der Waals surface area contributed by atoms with Gasteiger partial charge < -0.3 is 20.1 Å². The van der Waals surface area contributed by atoms with Gasteiger partial charge in [0.05, 0.1) is 11.6 Å². The van der Waals surface area contributed by atoms with Crippen molar-refractivity contribution in [3.8, 4) is 5.75 Å². The minimum atomic E-state index is -0.820. The van der Waals surface area contributed by atoms with Crippen LogP contribution in [-0.2, 0) is 14.4 Å². The number of fused-ring (bicyclic) bond motifs is 1. The van der Waals surface area contributed by atoms with Crippen molar-refractivity contribution in [2.75, 3.05) is 24.6 Å². The van der Waals surface area contributed by atoms with E-state index in [-0.39, 0.29) is 24.3 Å². The van der Waals surface area contributed by atoms with E-state index < -0.39 is 11.9 Å². The van der Waals surface area contributed by atoms with Crippen LogP contribution < -0.4 is 15.0 Å². The fourth-order valence-electron chi connectivity index (χ4n) is 3.44. The third kappa shape index (κ3) is 3.92. The van der Waals surface area contributed by atoms with Crippen molar-refractivity contribution in [1.82, 2.24) is 5.32 Å². The summed E-state index contributed by atoms with van der Waals surface area (Å²) in [7, 11) is 0. The first-order chi connectivity index (χ1) is 12.1. The number of rotatable bonds is 6. The number of carbonyl (C=O) groups excluding carboxylic acids is 2. The first-order valence-electron chi connectivity index (χ1n) is 8.59. The van der Waals surface area contributed by atoms with Crippen LogP contribution in [0.4, 0.5) is 5.69 Å². The van der Waals surface area contributed by atoms with E-state index in [1.54, 1.807) is 4.90 Å². The van der Waals surface area contributed by atoms with Crippen LogP contribution in [0.1, 0.15) is 25.7 Å². The second-order valence-electron chi connectivity index (χ2n) is 6.49. The van der Waals surface area contributed by atoms with Crippen LogP contribution in [-0.4, -0.2) is 42.6 Å². The van der Waals surface area contributed by atoms with Crippen LogP contribution in [0.25, 0.3) is 0 Å². The number of anilines is 1. The summed E-state index contributed by atoms with van der Waals surface area (Å²) < 4.78 is 5.40. The van der Waals surface area contributed by atoms with E-state index in [2.05, 4.69) is 5.32 Å². The van der Waals surface area contributed by atoms with E-state index in [0.717, 1.165) is 5.69 Å². The van der Waals surface area contributed by atoms with Gasteiger partial charge in [-0.05, 0) is 37.8 Å². The number of hydrogen-bond acceptors (Lipinski definition) is 4. The van der Waals surface area contributed by atoms with E-state index in [0.29, 0.717) is 44.5 Å². The van der Waals surface area contributed by atoms with Crippen LogP contribution in [0.3, 0.4) is 0 Å². The molecule has 0 saturated heterocycles. The van der Waals surface area contributed by atoms with Crippen LogP contribution >= 0.6 is 0 Å². The molecule has 7 nitrogen and oxygen atoms in total. The van der Waals surface area contributed by atoms with Crippen molar-refractivity contribution in [1.29, 1.82) is 0 Å². The number of para-hydroxylation sites is 2. The summed E-state index contributed by atoms with van der Waals surface area (Å²) in [5, 5.41) is 11.9. The molecule has 2 atom stereocenters. The lowest BCUT2D eigenvalue weighted by Gasteiger charge is -2.29. The number of ether oxygens (including phenoxy) is 1. The molecule has 1 saturated carbocycles. The SMILES string of the molecule is O=C(O)[C@@H]1CC[C@H](C(=O)NCCCN2C(=O)COc3ccccc32)C1. The number of hydrogen-bond donors (Lipinski definition) is 2. The molecule has 1 fully saturated rings. The Morgan fingerprint density at radius 2 is 2.00 bits per heavy atom. The maximum Gasteiger partial charge on any atom is 0.306 e. The Bertz CT molecular complexity index is 675. The minimum Gasteiger partial charge on any atom is -0.482 e. The number of benzene rings is 1. The van der Waals surface area contributed by atoms with Crippen LogP contribution in [0, 0.1) is 11.8 Å². The standard InChI is InChI=1S/C18H22N2O5/c21-16-11-25-15-5-2-1-4-14(15)20(16)9-3-8-19-17(22)12-6-7-13(10-12)18(23)24/h1-2,4-5,12-13H,3,6-11H2,(H,19,22)(H,23,24)/t12-,13+/m0/s1. The minimum absolute atomic E-state index is 0.0298. The number of carboxylic acid groups (broad SMARTS) is 1. The molecule has 1 heterocycles. The number of carbonyl (C=O) groups is 3. The molecule has 1 aromatic rings. The van der Waals surface area contributed by atoms with Crippen molar-refractivity contribution in [2.24, 2.45) is 11.8 Å². The van der Waals surface area contributed by atoms with E-state index in [1.165, 1.54) is 0 Å². The van der Waals surface area contributed by atoms with E-state index in [4.69, 9.17) is 9.84 Å². The first kappa shape index (κ1) is 17.3. The molecule has 134 valence electrons. The Morgan fingerprint density at radius 1 is 1.24 bits per heavy atom. The van der Waals surface area contributed by atoms with Crippen molar-refractivity contribution in [2.45, 2.75) is 25.7 Å². The third-order valence-electron chi connectivity index (χ3n) is 4.82. The summed E-state index contributed by atoms with van der Waals surface area (Å²) in [5.74, 6) is -0.927. The maximum absolute atomic E-state index is 12.1. The molecule has 2 amide bonds. The van der Waals surface area contributed by atoms with Gasteiger partial charge in [-0.2, -0.15) is 0 Å².